The van der Waals surface area contributed by atoms with E-state index in [2.05, 4.69) is 4.74 Å². The SMILES string of the molecule is CCOCC(C)OCC(C)(C)C(=O)OC. The van der Waals surface area contributed by atoms with E-state index < -0.39 is 5.41 Å². The van der Waals surface area contributed by atoms with Crippen molar-refractivity contribution in [3.05, 3.63) is 0 Å². The van der Waals surface area contributed by atoms with Gasteiger partial charge in [-0.05, 0) is 27.7 Å². The van der Waals surface area contributed by atoms with Crippen molar-refractivity contribution in [1.29, 1.82) is 0 Å². The van der Waals surface area contributed by atoms with E-state index in [4.69, 9.17) is 9.47 Å². The van der Waals surface area contributed by atoms with Gasteiger partial charge in [-0.15, -0.1) is 0 Å². The lowest BCUT2D eigenvalue weighted by molar-refractivity contribution is -0.156. The van der Waals surface area contributed by atoms with E-state index >= 15 is 0 Å². The number of methoxy groups -OCH3 is 1. The molecule has 0 bridgehead atoms. The van der Waals surface area contributed by atoms with Gasteiger partial charge in [-0.3, -0.25) is 4.79 Å². The Hall–Kier alpha value is -0.610. The zero-order chi connectivity index (χ0) is 11.9. The highest BCUT2D eigenvalue weighted by Crippen LogP contribution is 2.18. The molecule has 90 valence electrons. The molecule has 4 heteroatoms. The van der Waals surface area contributed by atoms with Gasteiger partial charge in [-0.1, -0.05) is 0 Å². The Balaban J connectivity index is 3.87. The zero-order valence-electron chi connectivity index (χ0n) is 10.3. The summed E-state index contributed by atoms with van der Waals surface area (Å²) in [5.74, 6) is -0.258. The van der Waals surface area contributed by atoms with Crippen LogP contribution in [0, 0.1) is 5.41 Å². The van der Waals surface area contributed by atoms with E-state index in [1.807, 2.05) is 13.8 Å². The molecular formula is C11H22O4. The largest absolute Gasteiger partial charge is 0.469 e. The first-order chi connectivity index (χ1) is 6.94. The maximum atomic E-state index is 11.3. The van der Waals surface area contributed by atoms with Gasteiger partial charge in [0.15, 0.2) is 0 Å². The van der Waals surface area contributed by atoms with Crippen LogP contribution < -0.4 is 0 Å². The topological polar surface area (TPSA) is 44.8 Å². The van der Waals surface area contributed by atoms with Gasteiger partial charge in [0.1, 0.15) is 0 Å². The van der Waals surface area contributed by atoms with Crippen LogP contribution in [0.2, 0.25) is 0 Å². The number of carbonyl (C=O) groups excluding carboxylic acids is 1. The van der Waals surface area contributed by atoms with Gasteiger partial charge in [0, 0.05) is 6.61 Å². The summed E-state index contributed by atoms with van der Waals surface area (Å²) in [6.45, 7) is 9.02. The number of rotatable bonds is 7. The third kappa shape index (κ3) is 5.74. The Morgan fingerprint density at radius 2 is 2.00 bits per heavy atom. The van der Waals surface area contributed by atoms with E-state index in [0.717, 1.165) is 0 Å². The molecule has 4 nitrogen and oxygen atoms in total. The Labute approximate surface area is 91.9 Å². The van der Waals surface area contributed by atoms with Crippen molar-refractivity contribution in [2.75, 3.05) is 26.9 Å². The maximum Gasteiger partial charge on any atom is 0.313 e. The van der Waals surface area contributed by atoms with Crippen molar-refractivity contribution < 1.29 is 19.0 Å². The van der Waals surface area contributed by atoms with Crippen LogP contribution >= 0.6 is 0 Å². The van der Waals surface area contributed by atoms with Crippen LogP contribution in [0.3, 0.4) is 0 Å². The van der Waals surface area contributed by atoms with Crippen LogP contribution in [-0.2, 0) is 19.0 Å². The molecule has 0 aliphatic carbocycles. The highest BCUT2D eigenvalue weighted by atomic mass is 16.5. The molecule has 15 heavy (non-hydrogen) atoms. The third-order valence-electron chi connectivity index (χ3n) is 2.02. The van der Waals surface area contributed by atoms with E-state index in [9.17, 15) is 4.79 Å². The summed E-state index contributed by atoms with van der Waals surface area (Å²) in [6, 6.07) is 0. The second-order valence-corrected chi connectivity index (χ2v) is 4.16. The lowest BCUT2D eigenvalue weighted by Gasteiger charge is -2.23. The van der Waals surface area contributed by atoms with Crippen molar-refractivity contribution in [1.82, 2.24) is 0 Å². The molecule has 0 fully saturated rings. The van der Waals surface area contributed by atoms with Crippen LogP contribution in [0.5, 0.6) is 0 Å². The van der Waals surface area contributed by atoms with E-state index in [1.165, 1.54) is 7.11 Å². The van der Waals surface area contributed by atoms with Gasteiger partial charge >= 0.3 is 5.97 Å². The zero-order valence-corrected chi connectivity index (χ0v) is 10.3. The molecule has 0 aromatic rings. The molecule has 0 radical (unpaired) electrons. The monoisotopic (exact) mass is 218 g/mol. The Bertz CT molecular complexity index is 189. The van der Waals surface area contributed by atoms with Crippen molar-refractivity contribution >= 4 is 5.97 Å². The minimum atomic E-state index is -0.602. The van der Waals surface area contributed by atoms with Gasteiger partial charge < -0.3 is 14.2 Å². The molecule has 0 N–H and O–H groups in total. The second-order valence-electron chi connectivity index (χ2n) is 4.16. The Kier molecular flexibility index (Phi) is 6.52. The van der Waals surface area contributed by atoms with Crippen LogP contribution in [0.25, 0.3) is 0 Å². The first kappa shape index (κ1) is 14.4. The summed E-state index contributed by atoms with van der Waals surface area (Å²) in [6.07, 6.45) is -0.00567. The first-order valence-corrected chi connectivity index (χ1v) is 5.21. The van der Waals surface area contributed by atoms with E-state index in [1.54, 1.807) is 13.8 Å². The molecule has 1 unspecified atom stereocenters. The van der Waals surface area contributed by atoms with Crippen molar-refractivity contribution in [2.24, 2.45) is 5.41 Å². The Morgan fingerprint density at radius 1 is 1.40 bits per heavy atom. The van der Waals surface area contributed by atoms with Crippen LogP contribution in [0.15, 0.2) is 0 Å². The molecule has 0 aliphatic heterocycles. The standard InChI is InChI=1S/C11H22O4/c1-6-14-7-9(2)15-8-11(3,4)10(12)13-5/h9H,6-8H2,1-5H3. The predicted molar refractivity (Wildman–Crippen MR) is 57.7 cm³/mol. The molecule has 0 spiro atoms. The molecule has 0 heterocycles. The minimum Gasteiger partial charge on any atom is -0.469 e. The molecule has 1 atom stereocenters. The number of hydrogen-bond acceptors (Lipinski definition) is 4. The number of esters is 1. The molecule has 0 amide bonds. The summed E-state index contributed by atoms with van der Waals surface area (Å²) in [7, 11) is 1.38. The van der Waals surface area contributed by atoms with Crippen LogP contribution in [0.4, 0.5) is 0 Å². The van der Waals surface area contributed by atoms with Gasteiger partial charge in [0.25, 0.3) is 0 Å². The summed E-state index contributed by atoms with van der Waals surface area (Å²) in [5, 5.41) is 0. The average molecular weight is 218 g/mol. The predicted octanol–water partition coefficient (Wildman–Crippen LogP) is 1.63. The van der Waals surface area contributed by atoms with Gasteiger partial charge in [0.2, 0.25) is 0 Å². The summed E-state index contributed by atoms with van der Waals surface area (Å²) in [4.78, 5) is 11.3. The lowest BCUT2D eigenvalue weighted by atomic mass is 9.95. The smallest absolute Gasteiger partial charge is 0.313 e. The molecular weight excluding hydrogens is 196 g/mol. The molecule has 0 rings (SSSR count). The fraction of sp³-hybridized carbons (Fsp3) is 0.909. The van der Waals surface area contributed by atoms with Crippen molar-refractivity contribution in [2.45, 2.75) is 33.8 Å². The minimum absolute atomic E-state index is 0.00567. The molecule has 0 aromatic carbocycles. The van der Waals surface area contributed by atoms with Gasteiger partial charge in [0.05, 0.1) is 31.8 Å². The number of ether oxygens (including phenoxy) is 3. The quantitative estimate of drug-likeness (QED) is 0.609. The van der Waals surface area contributed by atoms with Crippen molar-refractivity contribution in [3.8, 4) is 0 Å². The first-order valence-electron chi connectivity index (χ1n) is 5.21. The highest BCUT2D eigenvalue weighted by molar-refractivity contribution is 5.75. The number of carbonyl (C=O) groups is 1. The normalized spacial score (nSPS) is 13.7. The fourth-order valence-electron chi connectivity index (χ4n) is 1.02. The molecule has 0 aliphatic rings. The van der Waals surface area contributed by atoms with Gasteiger partial charge in [-0.2, -0.15) is 0 Å². The summed E-state index contributed by atoms with van der Waals surface area (Å²) < 4.78 is 15.4. The highest BCUT2D eigenvalue weighted by Gasteiger charge is 2.29. The van der Waals surface area contributed by atoms with E-state index in [-0.39, 0.29) is 12.1 Å². The maximum absolute atomic E-state index is 11.3. The molecule has 0 saturated carbocycles. The average Bonchev–Trinajstić information content (AvgIpc) is 2.22. The molecule has 0 aromatic heterocycles. The lowest BCUT2D eigenvalue weighted by Crippen LogP contribution is -2.33. The molecule has 0 saturated heterocycles. The van der Waals surface area contributed by atoms with E-state index in [0.29, 0.717) is 19.8 Å². The Morgan fingerprint density at radius 3 is 2.47 bits per heavy atom. The van der Waals surface area contributed by atoms with Crippen LogP contribution in [-0.4, -0.2) is 39.0 Å². The number of hydrogen-bond donors (Lipinski definition) is 0. The van der Waals surface area contributed by atoms with Gasteiger partial charge in [-0.25, -0.2) is 0 Å². The van der Waals surface area contributed by atoms with Crippen molar-refractivity contribution in [3.63, 3.8) is 0 Å². The summed E-state index contributed by atoms with van der Waals surface area (Å²) in [5.41, 5.74) is -0.602. The summed E-state index contributed by atoms with van der Waals surface area (Å²) >= 11 is 0. The second kappa shape index (κ2) is 6.80. The third-order valence-corrected chi connectivity index (χ3v) is 2.02. The van der Waals surface area contributed by atoms with Crippen LogP contribution in [0.1, 0.15) is 27.7 Å². The fourth-order valence-corrected chi connectivity index (χ4v) is 1.02.